The molecule has 2 aromatic carbocycles. The topological polar surface area (TPSA) is 43.9 Å². The van der Waals surface area contributed by atoms with Gasteiger partial charge >= 0.3 is 6.18 Å². The lowest BCUT2D eigenvalue weighted by Gasteiger charge is -2.40. The molecule has 0 aromatic heterocycles. The molecule has 1 saturated carbocycles. The Hall–Kier alpha value is -3.03. The third-order valence-corrected chi connectivity index (χ3v) is 7.68. The molecule has 0 spiro atoms. The fraction of sp³-hybridized carbons (Fsp3) is 0.481. The van der Waals surface area contributed by atoms with Gasteiger partial charge in [-0.25, -0.2) is 0 Å². The maximum absolute atomic E-state index is 13.6. The van der Waals surface area contributed by atoms with E-state index in [1.54, 1.807) is 11.0 Å². The van der Waals surface area contributed by atoms with Gasteiger partial charge in [0, 0.05) is 50.0 Å². The zero-order valence-corrected chi connectivity index (χ0v) is 19.6. The van der Waals surface area contributed by atoms with Crippen molar-refractivity contribution in [2.75, 3.05) is 42.5 Å². The first-order valence-corrected chi connectivity index (χ1v) is 12.4. The monoisotopic (exact) mass is 485 g/mol. The zero-order valence-electron chi connectivity index (χ0n) is 19.6. The van der Waals surface area contributed by atoms with Crippen molar-refractivity contribution in [2.24, 2.45) is 11.8 Å². The summed E-state index contributed by atoms with van der Waals surface area (Å²) >= 11 is 0. The molecule has 0 N–H and O–H groups in total. The number of anilines is 2. The molecule has 0 radical (unpaired) electrons. The molecule has 2 aliphatic heterocycles. The minimum Gasteiger partial charge on any atom is -0.368 e. The van der Waals surface area contributed by atoms with E-state index < -0.39 is 11.7 Å². The number of carbonyl (C=O) groups excluding carboxylic acids is 2. The Morgan fingerprint density at radius 2 is 1.49 bits per heavy atom. The molecule has 186 valence electrons. The molecule has 1 saturated heterocycles. The van der Waals surface area contributed by atoms with Gasteiger partial charge in [0.2, 0.25) is 11.8 Å². The van der Waals surface area contributed by atoms with Gasteiger partial charge in [0.1, 0.15) is 0 Å². The second-order valence-electron chi connectivity index (χ2n) is 9.73. The molecule has 2 heterocycles. The van der Waals surface area contributed by atoms with Crippen LogP contribution in [0.1, 0.15) is 36.8 Å². The van der Waals surface area contributed by atoms with Gasteiger partial charge < -0.3 is 14.7 Å². The summed E-state index contributed by atoms with van der Waals surface area (Å²) in [5, 5.41) is 0. The predicted octanol–water partition coefficient (Wildman–Crippen LogP) is 4.75. The smallest absolute Gasteiger partial charge is 0.368 e. The van der Waals surface area contributed by atoms with E-state index in [4.69, 9.17) is 0 Å². The number of benzene rings is 2. The third kappa shape index (κ3) is 4.75. The molecule has 2 fully saturated rings. The van der Waals surface area contributed by atoms with Crippen LogP contribution in [-0.2, 0) is 22.2 Å². The van der Waals surface area contributed by atoms with Gasteiger partial charge in [-0.3, -0.25) is 9.59 Å². The normalized spacial score (nSPS) is 22.8. The summed E-state index contributed by atoms with van der Waals surface area (Å²) in [6, 6.07) is 13.3. The molecule has 1 aliphatic carbocycles. The van der Waals surface area contributed by atoms with E-state index in [2.05, 4.69) is 6.07 Å². The van der Waals surface area contributed by atoms with Crippen molar-refractivity contribution in [3.05, 3.63) is 59.7 Å². The van der Waals surface area contributed by atoms with E-state index in [0.29, 0.717) is 44.8 Å². The van der Waals surface area contributed by atoms with Gasteiger partial charge in [0.25, 0.3) is 0 Å². The quantitative estimate of drug-likeness (QED) is 0.630. The van der Waals surface area contributed by atoms with Crippen molar-refractivity contribution in [3.63, 3.8) is 0 Å². The lowest BCUT2D eigenvalue weighted by Crippen LogP contribution is -2.53. The zero-order chi connectivity index (χ0) is 24.6. The van der Waals surface area contributed by atoms with E-state index in [9.17, 15) is 22.8 Å². The first-order valence-electron chi connectivity index (χ1n) is 12.4. The standard InChI is InChI=1S/C27H30F3N3O2/c28-27(29,30)20-7-5-8-21(18-20)31-14-16-32(17-15-31)25(34)22-9-2-3-10-23(22)26(35)33-13-12-19-6-1-4-11-24(19)33/h1,4-8,11,18,22-23H,2-3,9-10,12-17H2. The van der Waals surface area contributed by atoms with Crippen LogP contribution >= 0.6 is 0 Å². The summed E-state index contributed by atoms with van der Waals surface area (Å²) in [4.78, 5) is 32.7. The lowest BCUT2D eigenvalue weighted by molar-refractivity contribution is -0.143. The van der Waals surface area contributed by atoms with Crippen molar-refractivity contribution in [3.8, 4) is 0 Å². The number of hydrogen-bond donors (Lipinski definition) is 0. The summed E-state index contributed by atoms with van der Waals surface area (Å²) in [7, 11) is 0. The molecule has 3 aliphatic rings. The van der Waals surface area contributed by atoms with E-state index in [1.165, 1.54) is 17.7 Å². The van der Waals surface area contributed by atoms with Gasteiger partial charge in [0.15, 0.2) is 0 Å². The summed E-state index contributed by atoms with van der Waals surface area (Å²) in [6.07, 6.45) is -0.242. The van der Waals surface area contributed by atoms with Gasteiger partial charge in [-0.2, -0.15) is 13.2 Å². The van der Waals surface area contributed by atoms with Gasteiger partial charge in [-0.15, -0.1) is 0 Å². The molecular formula is C27H30F3N3O2. The predicted molar refractivity (Wildman–Crippen MR) is 128 cm³/mol. The molecule has 0 bridgehead atoms. The van der Waals surface area contributed by atoms with E-state index in [0.717, 1.165) is 37.4 Å². The van der Waals surface area contributed by atoms with Crippen LogP contribution < -0.4 is 9.80 Å². The van der Waals surface area contributed by atoms with Crippen molar-refractivity contribution in [1.29, 1.82) is 0 Å². The maximum atomic E-state index is 13.6. The van der Waals surface area contributed by atoms with Crippen LogP contribution in [-0.4, -0.2) is 49.4 Å². The Bertz CT molecular complexity index is 1100. The van der Waals surface area contributed by atoms with Crippen LogP contribution in [0.5, 0.6) is 0 Å². The maximum Gasteiger partial charge on any atom is 0.416 e. The third-order valence-electron chi connectivity index (χ3n) is 7.68. The summed E-state index contributed by atoms with van der Waals surface area (Å²) in [6.45, 7) is 2.49. The number of halogens is 3. The largest absolute Gasteiger partial charge is 0.416 e. The number of alkyl halides is 3. The van der Waals surface area contributed by atoms with Crippen LogP contribution in [0.3, 0.4) is 0 Å². The number of rotatable bonds is 3. The van der Waals surface area contributed by atoms with Gasteiger partial charge in [-0.05, 0) is 49.1 Å². The first-order chi connectivity index (χ1) is 16.8. The molecule has 2 unspecified atom stereocenters. The van der Waals surface area contributed by atoms with Gasteiger partial charge in [0.05, 0.1) is 11.5 Å². The van der Waals surface area contributed by atoms with Crippen LogP contribution in [0, 0.1) is 11.8 Å². The second kappa shape index (κ2) is 9.55. The van der Waals surface area contributed by atoms with E-state index in [-0.39, 0.29) is 23.7 Å². The summed E-state index contributed by atoms with van der Waals surface area (Å²) in [5.74, 6) is -0.581. The van der Waals surface area contributed by atoms with Crippen LogP contribution in [0.2, 0.25) is 0 Å². The highest BCUT2D eigenvalue weighted by atomic mass is 19.4. The fourth-order valence-electron chi connectivity index (χ4n) is 5.79. The number of nitrogens with zero attached hydrogens (tertiary/aromatic N) is 3. The number of carbonyl (C=O) groups is 2. The average molecular weight is 486 g/mol. The van der Waals surface area contributed by atoms with Crippen LogP contribution in [0.15, 0.2) is 48.5 Å². The molecular weight excluding hydrogens is 455 g/mol. The minimum absolute atomic E-state index is 0.0132. The van der Waals surface area contributed by atoms with Crippen molar-refractivity contribution in [1.82, 2.24) is 4.90 Å². The number of fused-ring (bicyclic) bond motifs is 1. The fourth-order valence-corrected chi connectivity index (χ4v) is 5.79. The lowest BCUT2D eigenvalue weighted by atomic mass is 9.77. The molecule has 2 amide bonds. The SMILES string of the molecule is O=C(C1CCCCC1C(=O)N1CCc2ccccc21)N1CCN(c2cccc(C(F)(F)F)c2)CC1. The Kier molecular flexibility index (Phi) is 6.47. The second-order valence-corrected chi connectivity index (χ2v) is 9.73. The molecule has 5 rings (SSSR count). The molecule has 2 atom stereocenters. The van der Waals surface area contributed by atoms with Crippen molar-refractivity contribution >= 4 is 23.2 Å². The Morgan fingerprint density at radius 1 is 0.800 bits per heavy atom. The van der Waals surface area contributed by atoms with E-state index in [1.807, 2.05) is 28.0 Å². The van der Waals surface area contributed by atoms with Crippen LogP contribution in [0.4, 0.5) is 24.5 Å². The number of piperazine rings is 1. The highest BCUT2D eigenvalue weighted by Crippen LogP contribution is 2.37. The van der Waals surface area contributed by atoms with Crippen molar-refractivity contribution < 1.29 is 22.8 Å². The molecule has 2 aromatic rings. The van der Waals surface area contributed by atoms with E-state index >= 15 is 0 Å². The average Bonchev–Trinajstić information content (AvgIpc) is 3.32. The highest BCUT2D eigenvalue weighted by Gasteiger charge is 2.41. The summed E-state index contributed by atoms with van der Waals surface area (Å²) < 4.78 is 39.3. The first kappa shape index (κ1) is 23.7. The number of para-hydroxylation sites is 1. The summed E-state index contributed by atoms with van der Waals surface area (Å²) in [5.41, 5.74) is 1.99. The van der Waals surface area contributed by atoms with Gasteiger partial charge in [-0.1, -0.05) is 37.1 Å². The van der Waals surface area contributed by atoms with Crippen LogP contribution in [0.25, 0.3) is 0 Å². The number of amides is 2. The molecule has 8 heteroatoms. The minimum atomic E-state index is -4.38. The molecule has 35 heavy (non-hydrogen) atoms. The Balaban J connectivity index is 1.25. The number of hydrogen-bond acceptors (Lipinski definition) is 3. The Labute approximate surface area is 203 Å². The Morgan fingerprint density at radius 3 is 2.20 bits per heavy atom. The van der Waals surface area contributed by atoms with Crippen molar-refractivity contribution in [2.45, 2.75) is 38.3 Å². The highest BCUT2D eigenvalue weighted by molar-refractivity contribution is 5.99. The molecule has 5 nitrogen and oxygen atoms in total.